The van der Waals surface area contributed by atoms with E-state index in [2.05, 4.69) is 5.32 Å². The van der Waals surface area contributed by atoms with Crippen molar-refractivity contribution in [1.82, 2.24) is 15.2 Å². The van der Waals surface area contributed by atoms with Crippen molar-refractivity contribution in [3.05, 3.63) is 95.7 Å². The molecule has 5 heteroatoms. The van der Waals surface area contributed by atoms with Crippen molar-refractivity contribution in [2.45, 2.75) is 6.54 Å². The molecular weight excluding hydrogens is 378 g/mol. The van der Waals surface area contributed by atoms with Gasteiger partial charge in [-0.05, 0) is 41.6 Å². The molecule has 29 heavy (non-hydrogen) atoms. The van der Waals surface area contributed by atoms with Gasteiger partial charge in [0.05, 0.1) is 17.6 Å². The van der Waals surface area contributed by atoms with E-state index in [1.165, 1.54) is 0 Å². The average molecular weight is 395 g/mol. The second-order valence-corrected chi connectivity index (χ2v) is 7.31. The highest BCUT2D eigenvalue weighted by Gasteiger charge is 2.30. The van der Waals surface area contributed by atoms with Crippen LogP contribution in [0.15, 0.2) is 84.6 Å². The molecule has 0 unspecified atom stereocenters. The smallest absolute Gasteiger partial charge is 0.276 e. The highest BCUT2D eigenvalue weighted by Crippen LogP contribution is 2.29. The quantitative estimate of drug-likeness (QED) is 0.312. The van der Waals surface area contributed by atoms with Crippen molar-refractivity contribution in [2.24, 2.45) is 0 Å². The van der Waals surface area contributed by atoms with Crippen LogP contribution >= 0.6 is 12.2 Å². The summed E-state index contributed by atoms with van der Waals surface area (Å²) >= 11 is 5.44. The van der Waals surface area contributed by atoms with Gasteiger partial charge in [-0.1, -0.05) is 66.7 Å². The van der Waals surface area contributed by atoms with Gasteiger partial charge < -0.3 is 5.32 Å². The van der Waals surface area contributed by atoms with Crippen molar-refractivity contribution in [3.8, 4) is 0 Å². The Morgan fingerprint density at radius 2 is 1.45 bits per heavy atom. The van der Waals surface area contributed by atoms with Crippen LogP contribution in [0.4, 0.5) is 0 Å². The number of benzene rings is 3. The van der Waals surface area contributed by atoms with Crippen LogP contribution in [-0.2, 0) is 11.3 Å². The largest absolute Gasteiger partial charge is 0.328 e. The van der Waals surface area contributed by atoms with Gasteiger partial charge in [0.15, 0.2) is 5.11 Å². The maximum Gasteiger partial charge on any atom is 0.276 e. The fourth-order valence-electron chi connectivity index (χ4n) is 3.65. The molecule has 1 N–H and O–H groups in total. The van der Waals surface area contributed by atoms with Gasteiger partial charge in [-0.15, -0.1) is 0 Å². The van der Waals surface area contributed by atoms with Crippen LogP contribution in [0.3, 0.4) is 0 Å². The normalized spacial score (nSPS) is 15.4. The highest BCUT2D eigenvalue weighted by atomic mass is 32.1. The molecule has 1 aliphatic heterocycles. The Labute approximate surface area is 173 Å². The van der Waals surface area contributed by atoms with Crippen molar-refractivity contribution < 1.29 is 4.79 Å². The van der Waals surface area contributed by atoms with E-state index in [-0.39, 0.29) is 5.91 Å². The first-order valence-corrected chi connectivity index (χ1v) is 9.77. The molecule has 1 aliphatic rings. The second-order valence-electron chi connectivity index (χ2n) is 6.92. The number of carbonyl (C=O) groups is 1. The maximum atomic E-state index is 13.1. The zero-order chi connectivity index (χ0) is 19.8. The Hall–Kier alpha value is -3.57. The van der Waals surface area contributed by atoms with E-state index in [1.54, 1.807) is 4.90 Å². The molecule has 1 saturated heterocycles. The molecule has 5 rings (SSSR count). The first-order chi connectivity index (χ1) is 14.2. The molecular formula is C24H17N3OS. The lowest BCUT2D eigenvalue weighted by Crippen LogP contribution is -2.29. The lowest BCUT2D eigenvalue weighted by atomic mass is 10.0. The Bertz CT molecular complexity index is 1240. The first kappa shape index (κ1) is 17.5. The Morgan fingerprint density at radius 3 is 2.10 bits per heavy atom. The van der Waals surface area contributed by atoms with E-state index in [4.69, 9.17) is 17.2 Å². The summed E-state index contributed by atoms with van der Waals surface area (Å²) in [5, 5.41) is 5.53. The van der Waals surface area contributed by atoms with Crippen molar-refractivity contribution in [3.63, 3.8) is 0 Å². The van der Waals surface area contributed by atoms with E-state index in [9.17, 15) is 4.79 Å². The maximum absolute atomic E-state index is 13.1. The number of hydrogen-bond acceptors (Lipinski definition) is 3. The zero-order valence-corrected chi connectivity index (χ0v) is 16.3. The van der Waals surface area contributed by atoms with E-state index in [0.717, 1.165) is 32.9 Å². The summed E-state index contributed by atoms with van der Waals surface area (Å²) < 4.78 is 0. The zero-order valence-electron chi connectivity index (χ0n) is 15.5. The number of amides is 1. The molecule has 0 atom stereocenters. The van der Waals surface area contributed by atoms with Crippen molar-refractivity contribution in [1.29, 1.82) is 0 Å². The second kappa shape index (κ2) is 7.11. The number of thiocarbonyl (C=S) groups is 1. The molecule has 140 valence electrons. The van der Waals surface area contributed by atoms with Gasteiger partial charge in [-0.3, -0.25) is 9.69 Å². The molecule has 1 fully saturated rings. The number of pyridine rings is 1. The van der Waals surface area contributed by atoms with Gasteiger partial charge in [0.2, 0.25) is 0 Å². The van der Waals surface area contributed by atoms with Gasteiger partial charge >= 0.3 is 0 Å². The fraction of sp³-hybridized carbons (Fsp3) is 0.0417. The molecule has 1 aromatic heterocycles. The lowest BCUT2D eigenvalue weighted by molar-refractivity contribution is -0.122. The van der Waals surface area contributed by atoms with Gasteiger partial charge in [-0.2, -0.15) is 0 Å². The third-order valence-electron chi connectivity index (χ3n) is 5.06. The van der Waals surface area contributed by atoms with Crippen molar-refractivity contribution in [2.75, 3.05) is 0 Å². The van der Waals surface area contributed by atoms with E-state index < -0.39 is 0 Å². The van der Waals surface area contributed by atoms with Crippen LogP contribution in [0.1, 0.15) is 11.1 Å². The highest BCUT2D eigenvalue weighted by molar-refractivity contribution is 7.80. The molecule has 0 saturated carbocycles. The van der Waals surface area contributed by atoms with Crippen LogP contribution in [-0.4, -0.2) is 20.9 Å². The van der Waals surface area contributed by atoms with Gasteiger partial charge in [0, 0.05) is 10.8 Å². The summed E-state index contributed by atoms with van der Waals surface area (Å²) in [7, 11) is 0. The number of hydrogen-bond donors (Lipinski definition) is 1. The number of para-hydroxylation sites is 2. The minimum atomic E-state index is -0.121. The molecule has 2 heterocycles. The van der Waals surface area contributed by atoms with E-state index >= 15 is 0 Å². The summed E-state index contributed by atoms with van der Waals surface area (Å²) in [4.78, 5) is 19.4. The molecule has 0 bridgehead atoms. The van der Waals surface area contributed by atoms with Crippen LogP contribution in [0.25, 0.3) is 27.9 Å². The predicted octanol–water partition coefficient (Wildman–Crippen LogP) is 4.65. The summed E-state index contributed by atoms with van der Waals surface area (Å²) in [6.45, 7) is 0.445. The third-order valence-corrected chi connectivity index (χ3v) is 5.39. The number of fused-ring (bicyclic) bond motifs is 2. The first-order valence-electron chi connectivity index (χ1n) is 9.37. The Balaban J connectivity index is 1.61. The third kappa shape index (κ3) is 3.15. The number of nitrogens with one attached hydrogen (secondary N) is 1. The topological polar surface area (TPSA) is 45.2 Å². The molecule has 0 aliphatic carbocycles. The molecule has 4 nitrogen and oxygen atoms in total. The molecule has 3 aromatic carbocycles. The van der Waals surface area contributed by atoms with E-state index in [0.29, 0.717) is 17.4 Å². The molecule has 4 aromatic rings. The van der Waals surface area contributed by atoms with Crippen molar-refractivity contribution >= 4 is 51.1 Å². The van der Waals surface area contributed by atoms with Crippen LogP contribution in [0.5, 0.6) is 0 Å². The number of carbonyl (C=O) groups excluding carboxylic acids is 1. The summed E-state index contributed by atoms with van der Waals surface area (Å²) in [6.07, 6.45) is 1.89. The monoisotopic (exact) mass is 395 g/mol. The summed E-state index contributed by atoms with van der Waals surface area (Å²) in [5.74, 6) is -0.121. The Kier molecular flexibility index (Phi) is 4.30. The fourth-order valence-corrected chi connectivity index (χ4v) is 3.91. The lowest BCUT2D eigenvalue weighted by Gasteiger charge is -2.13. The Morgan fingerprint density at radius 1 is 0.862 bits per heavy atom. The van der Waals surface area contributed by atoms with Gasteiger partial charge in [0.1, 0.15) is 5.70 Å². The van der Waals surface area contributed by atoms with Gasteiger partial charge in [-0.25, -0.2) is 4.98 Å². The van der Waals surface area contributed by atoms with Crippen LogP contribution in [0, 0.1) is 0 Å². The summed E-state index contributed by atoms with van der Waals surface area (Å²) in [6, 6.07) is 25.8. The summed E-state index contributed by atoms with van der Waals surface area (Å²) in [5.41, 5.74) is 4.27. The minimum absolute atomic E-state index is 0.121. The molecule has 0 radical (unpaired) electrons. The number of aromatic nitrogens is 1. The average Bonchev–Trinajstić information content (AvgIpc) is 3.02. The standard InChI is InChI=1S/C24H17N3OS/c28-23-22(26-24(29)27(23)15-16-8-2-1-3-9-16)14-19-17-10-4-6-12-20(17)25-21-13-7-5-11-18(19)21/h1-14H,15H2,(H,26,29). The minimum Gasteiger partial charge on any atom is -0.328 e. The number of nitrogens with zero attached hydrogens (tertiary/aromatic N) is 2. The van der Waals surface area contributed by atoms with Crippen LogP contribution < -0.4 is 5.32 Å². The van der Waals surface area contributed by atoms with E-state index in [1.807, 2.05) is 84.9 Å². The van der Waals surface area contributed by atoms with Crippen LogP contribution in [0.2, 0.25) is 0 Å². The number of rotatable bonds is 3. The molecule has 0 spiro atoms. The molecule has 1 amide bonds. The SMILES string of the molecule is O=C1C(=Cc2c3ccccc3nc3ccccc23)NC(=S)N1Cc1ccccc1. The van der Waals surface area contributed by atoms with Gasteiger partial charge in [0.25, 0.3) is 5.91 Å². The predicted molar refractivity (Wildman–Crippen MR) is 120 cm³/mol.